The molecule has 10 heteroatoms. The Kier molecular flexibility index (Phi) is 6.76. The molecule has 25 heavy (non-hydrogen) atoms. The van der Waals surface area contributed by atoms with Crippen LogP contribution < -0.4 is 11.2 Å². The number of nitrogens with one attached hydrogen (secondary N) is 1. The van der Waals surface area contributed by atoms with Gasteiger partial charge in [0.15, 0.2) is 12.6 Å². The first-order valence-electron chi connectivity index (χ1n) is 8.27. The van der Waals surface area contributed by atoms with Gasteiger partial charge in [0.25, 0.3) is 5.56 Å². The van der Waals surface area contributed by atoms with E-state index in [1.54, 1.807) is 20.8 Å². The third-order valence-electron chi connectivity index (χ3n) is 3.83. The quantitative estimate of drug-likeness (QED) is 0.691. The molecule has 0 aromatic carbocycles. The lowest BCUT2D eigenvalue weighted by atomic mass is 10.1. The van der Waals surface area contributed by atoms with E-state index in [2.05, 4.69) is 4.98 Å². The van der Waals surface area contributed by atoms with Crippen LogP contribution in [0.1, 0.15) is 39.0 Å². The summed E-state index contributed by atoms with van der Waals surface area (Å²) in [6, 6.07) is 0. The summed E-state index contributed by atoms with van der Waals surface area (Å²) in [5, 5.41) is 0. The van der Waals surface area contributed by atoms with E-state index in [-0.39, 0.29) is 25.5 Å². The smallest absolute Gasteiger partial charge is 0.340 e. The molecule has 1 aromatic heterocycles. The van der Waals surface area contributed by atoms with E-state index in [0.29, 0.717) is 12.0 Å². The molecule has 0 aliphatic carbocycles. The van der Waals surface area contributed by atoms with E-state index < -0.39 is 31.4 Å². The van der Waals surface area contributed by atoms with Crippen LogP contribution in [0.3, 0.4) is 0 Å². The van der Waals surface area contributed by atoms with Gasteiger partial charge >= 0.3 is 13.3 Å². The topological polar surface area (TPSA) is 109 Å². The Morgan fingerprint density at radius 1 is 1.32 bits per heavy atom. The second kappa shape index (κ2) is 8.42. The molecule has 0 radical (unpaired) electrons. The molecule has 0 spiro atoms. The van der Waals surface area contributed by atoms with Gasteiger partial charge in [0.2, 0.25) is 0 Å². The molecular formula is C15H25N2O7P. The monoisotopic (exact) mass is 376 g/mol. The molecular weight excluding hydrogens is 351 g/mol. The number of ether oxygens (including phenoxy) is 2. The molecule has 0 bridgehead atoms. The van der Waals surface area contributed by atoms with Gasteiger partial charge in [-0.3, -0.25) is 18.9 Å². The maximum absolute atomic E-state index is 12.4. The second-order valence-electron chi connectivity index (χ2n) is 5.89. The summed E-state index contributed by atoms with van der Waals surface area (Å²) in [7, 11) is -3.33. The first-order chi connectivity index (χ1) is 11.8. The minimum absolute atomic E-state index is 0.0409. The summed E-state index contributed by atoms with van der Waals surface area (Å²) in [5.74, 6) is -0.0409. The minimum atomic E-state index is -3.33. The summed E-state index contributed by atoms with van der Waals surface area (Å²) in [6.45, 7) is 7.46. The Morgan fingerprint density at radius 3 is 2.56 bits per heavy atom. The van der Waals surface area contributed by atoms with Crippen LogP contribution in [0.5, 0.6) is 0 Å². The largest absolute Gasteiger partial charge is 0.356 e. The lowest BCUT2D eigenvalue weighted by molar-refractivity contribution is -0.154. The van der Waals surface area contributed by atoms with Crippen LogP contribution in [-0.4, -0.2) is 35.4 Å². The van der Waals surface area contributed by atoms with Crippen LogP contribution >= 0.6 is 7.60 Å². The summed E-state index contributed by atoms with van der Waals surface area (Å²) in [6.07, 6.45) is 0.534. The van der Waals surface area contributed by atoms with Crippen LogP contribution in [0.25, 0.3) is 0 Å². The van der Waals surface area contributed by atoms with Crippen LogP contribution in [0.2, 0.25) is 0 Å². The normalized spacial score (nSPS) is 23.9. The van der Waals surface area contributed by atoms with E-state index in [9.17, 15) is 14.2 Å². The Labute approximate surface area is 145 Å². The Bertz CT molecular complexity index is 734. The van der Waals surface area contributed by atoms with Gasteiger partial charge in [-0.1, -0.05) is 6.92 Å². The van der Waals surface area contributed by atoms with Crippen molar-refractivity contribution in [2.45, 2.75) is 46.6 Å². The molecule has 1 aliphatic heterocycles. The fourth-order valence-corrected chi connectivity index (χ4v) is 3.97. The van der Waals surface area contributed by atoms with E-state index in [4.69, 9.17) is 18.5 Å². The molecule has 142 valence electrons. The zero-order valence-electron chi connectivity index (χ0n) is 14.9. The van der Waals surface area contributed by atoms with Gasteiger partial charge < -0.3 is 18.5 Å². The summed E-state index contributed by atoms with van der Waals surface area (Å²) in [5.41, 5.74) is -0.547. The van der Waals surface area contributed by atoms with Crippen molar-refractivity contribution in [2.75, 3.05) is 19.6 Å². The van der Waals surface area contributed by atoms with Crippen LogP contribution in [0, 0.1) is 12.8 Å². The number of aromatic nitrogens is 2. The van der Waals surface area contributed by atoms with Crippen molar-refractivity contribution in [3.63, 3.8) is 0 Å². The molecule has 3 atom stereocenters. The van der Waals surface area contributed by atoms with Crippen LogP contribution in [0.15, 0.2) is 15.8 Å². The van der Waals surface area contributed by atoms with Crippen molar-refractivity contribution < 1.29 is 23.1 Å². The molecule has 9 nitrogen and oxygen atoms in total. The molecule has 0 saturated carbocycles. The van der Waals surface area contributed by atoms with Crippen molar-refractivity contribution >= 4 is 7.60 Å². The van der Waals surface area contributed by atoms with Crippen molar-refractivity contribution in [1.29, 1.82) is 0 Å². The maximum atomic E-state index is 12.4. The summed E-state index contributed by atoms with van der Waals surface area (Å²) < 4.78 is 35.5. The maximum Gasteiger partial charge on any atom is 0.356 e. The van der Waals surface area contributed by atoms with Crippen LogP contribution in [0.4, 0.5) is 0 Å². The molecule has 2 rings (SSSR count). The summed E-state index contributed by atoms with van der Waals surface area (Å²) in [4.78, 5) is 25.7. The molecule has 0 amide bonds. The van der Waals surface area contributed by atoms with Gasteiger partial charge in [-0.25, -0.2) is 4.79 Å². The highest BCUT2D eigenvalue weighted by atomic mass is 31.2. The highest BCUT2D eigenvalue weighted by Gasteiger charge is 2.37. The minimum Gasteiger partial charge on any atom is -0.340 e. The highest BCUT2D eigenvalue weighted by molar-refractivity contribution is 7.53. The predicted octanol–water partition coefficient (Wildman–Crippen LogP) is 1.97. The number of aryl methyl sites for hydroxylation is 1. The number of H-pyrrole nitrogens is 1. The van der Waals surface area contributed by atoms with E-state index in [0.717, 1.165) is 0 Å². The zero-order valence-corrected chi connectivity index (χ0v) is 15.8. The Balaban J connectivity index is 2.06. The van der Waals surface area contributed by atoms with E-state index in [1.807, 2.05) is 6.92 Å². The molecule has 1 N–H and O–H groups in total. The van der Waals surface area contributed by atoms with Crippen LogP contribution in [-0.2, 0) is 23.1 Å². The lowest BCUT2D eigenvalue weighted by Crippen LogP contribution is -2.33. The Morgan fingerprint density at radius 2 is 1.96 bits per heavy atom. The molecule has 1 saturated heterocycles. The molecule has 0 unspecified atom stereocenters. The lowest BCUT2D eigenvalue weighted by Gasteiger charge is -2.21. The van der Waals surface area contributed by atoms with E-state index in [1.165, 1.54) is 10.8 Å². The molecule has 1 aromatic rings. The third-order valence-corrected chi connectivity index (χ3v) is 5.60. The molecule has 1 fully saturated rings. The predicted molar refractivity (Wildman–Crippen MR) is 90.6 cm³/mol. The van der Waals surface area contributed by atoms with Gasteiger partial charge in [-0.15, -0.1) is 0 Å². The standard InChI is InChI=1S/C15H25N2O7P/c1-5-22-25(20,23-6-2)9-21-14-10(3)7-12(24-14)17-8-11(4)13(18)16-15(17)19/h8,10,12,14H,5-7,9H2,1-4H3,(H,16,18,19)/t10-,12+,14-/m0/s1. The van der Waals surface area contributed by atoms with Gasteiger partial charge in [0.1, 0.15) is 6.23 Å². The van der Waals surface area contributed by atoms with E-state index >= 15 is 0 Å². The number of hydrogen-bond donors (Lipinski definition) is 1. The first-order valence-corrected chi connectivity index (χ1v) is 9.99. The SMILES string of the molecule is CCOP(=O)(CO[C@H]1O[C@@H](n2cc(C)c(=O)[nH]c2=O)C[C@@H]1C)OCC. The second-order valence-corrected chi connectivity index (χ2v) is 7.89. The average Bonchev–Trinajstić information content (AvgIpc) is 2.90. The number of nitrogens with zero attached hydrogens (tertiary/aromatic N) is 1. The number of hydrogen-bond acceptors (Lipinski definition) is 7. The fourth-order valence-electron chi connectivity index (χ4n) is 2.63. The van der Waals surface area contributed by atoms with Gasteiger partial charge in [-0.05, 0) is 20.8 Å². The fraction of sp³-hybridized carbons (Fsp3) is 0.733. The van der Waals surface area contributed by atoms with Gasteiger partial charge in [0.05, 0.1) is 13.2 Å². The first kappa shape index (κ1) is 20.1. The number of rotatable bonds is 8. The van der Waals surface area contributed by atoms with Crippen molar-refractivity contribution in [2.24, 2.45) is 5.92 Å². The third kappa shape index (κ3) is 4.89. The summed E-state index contributed by atoms with van der Waals surface area (Å²) >= 11 is 0. The van der Waals surface area contributed by atoms with Crippen molar-refractivity contribution in [3.05, 3.63) is 32.6 Å². The molecule has 2 heterocycles. The number of aromatic amines is 1. The van der Waals surface area contributed by atoms with Gasteiger partial charge in [0, 0.05) is 24.1 Å². The zero-order chi connectivity index (χ0) is 18.6. The Hall–Kier alpha value is -1.25. The van der Waals surface area contributed by atoms with Crippen molar-refractivity contribution in [3.8, 4) is 0 Å². The molecule has 1 aliphatic rings. The van der Waals surface area contributed by atoms with Crippen molar-refractivity contribution in [1.82, 2.24) is 9.55 Å². The highest BCUT2D eigenvalue weighted by Crippen LogP contribution is 2.49. The van der Waals surface area contributed by atoms with Gasteiger partial charge in [-0.2, -0.15) is 0 Å². The average molecular weight is 376 g/mol.